The zero-order chi connectivity index (χ0) is 16.5. The minimum absolute atomic E-state index is 0.176. The molecular weight excluding hydrogens is 308 g/mol. The van der Waals surface area contributed by atoms with Crippen molar-refractivity contribution in [3.63, 3.8) is 0 Å². The average Bonchev–Trinajstić information content (AvgIpc) is 3.32. The van der Waals surface area contributed by atoms with Crippen LogP contribution in [0.4, 0.5) is 0 Å². The van der Waals surface area contributed by atoms with Crippen molar-refractivity contribution < 1.29 is 14.3 Å². The van der Waals surface area contributed by atoms with Gasteiger partial charge in [-0.15, -0.1) is 0 Å². The third-order valence-corrected chi connectivity index (χ3v) is 3.89. The molecule has 122 valence electrons. The van der Waals surface area contributed by atoms with E-state index in [2.05, 4.69) is 10.4 Å². The van der Waals surface area contributed by atoms with Crippen molar-refractivity contribution >= 4 is 5.91 Å². The Morgan fingerprint density at radius 1 is 1.25 bits per heavy atom. The van der Waals surface area contributed by atoms with Gasteiger partial charge in [0.25, 0.3) is 5.91 Å². The summed E-state index contributed by atoms with van der Waals surface area (Å²) in [6, 6.07) is 9.43. The highest BCUT2D eigenvalue weighted by Gasteiger charge is 2.18. The number of nitrogens with one attached hydrogen (secondary N) is 1. The molecule has 0 saturated heterocycles. The lowest BCUT2D eigenvalue weighted by atomic mass is 10.2. The Morgan fingerprint density at radius 3 is 2.88 bits per heavy atom. The van der Waals surface area contributed by atoms with Crippen LogP contribution in [0.5, 0.6) is 11.5 Å². The molecule has 0 spiro atoms. The van der Waals surface area contributed by atoms with Crippen LogP contribution >= 0.6 is 0 Å². The summed E-state index contributed by atoms with van der Waals surface area (Å²) in [5.41, 5.74) is 1.47. The van der Waals surface area contributed by atoms with Gasteiger partial charge in [0.2, 0.25) is 6.79 Å². The number of aromatic nitrogens is 3. The van der Waals surface area contributed by atoms with Crippen LogP contribution in [0.2, 0.25) is 0 Å². The first-order chi connectivity index (χ1) is 11.7. The predicted octanol–water partition coefficient (Wildman–Crippen LogP) is 1.87. The Labute approximate surface area is 138 Å². The van der Waals surface area contributed by atoms with E-state index < -0.39 is 0 Å². The van der Waals surface area contributed by atoms with Crippen LogP contribution in [0.15, 0.2) is 48.9 Å². The van der Waals surface area contributed by atoms with Crippen LogP contribution in [-0.4, -0.2) is 27.0 Å². The zero-order valence-corrected chi connectivity index (χ0v) is 13.1. The minimum atomic E-state index is -0.176. The fourth-order valence-electron chi connectivity index (χ4n) is 2.70. The molecule has 0 saturated carbocycles. The lowest BCUT2D eigenvalue weighted by Gasteiger charge is -2.09. The molecule has 3 heterocycles. The highest BCUT2D eigenvalue weighted by Crippen LogP contribution is 2.32. The predicted molar refractivity (Wildman–Crippen MR) is 86.3 cm³/mol. The molecule has 1 aliphatic heterocycles. The van der Waals surface area contributed by atoms with E-state index in [4.69, 9.17) is 9.47 Å². The summed E-state index contributed by atoms with van der Waals surface area (Å²) in [7, 11) is 1.81. The molecule has 0 unspecified atom stereocenters. The van der Waals surface area contributed by atoms with Crippen molar-refractivity contribution in [3.8, 4) is 17.3 Å². The maximum atomic E-state index is 12.5. The summed E-state index contributed by atoms with van der Waals surface area (Å²) in [5, 5.41) is 7.11. The minimum Gasteiger partial charge on any atom is -0.454 e. The van der Waals surface area contributed by atoms with Gasteiger partial charge in [-0.1, -0.05) is 6.07 Å². The van der Waals surface area contributed by atoms with Crippen LogP contribution in [-0.2, 0) is 13.6 Å². The number of nitrogens with zero attached hydrogens (tertiary/aromatic N) is 3. The van der Waals surface area contributed by atoms with Crippen molar-refractivity contribution in [3.05, 3.63) is 60.0 Å². The molecule has 1 aliphatic rings. The molecule has 24 heavy (non-hydrogen) atoms. The SMILES string of the molecule is Cn1ncc(C(=O)NCc2ccc3c(c2)OCO3)c1-n1cccc1. The van der Waals surface area contributed by atoms with Gasteiger partial charge in [-0.2, -0.15) is 5.10 Å². The molecule has 2 aromatic heterocycles. The van der Waals surface area contributed by atoms with E-state index in [-0.39, 0.29) is 12.7 Å². The van der Waals surface area contributed by atoms with E-state index in [1.807, 2.05) is 54.3 Å². The molecule has 0 aliphatic carbocycles. The Morgan fingerprint density at radius 2 is 2.04 bits per heavy atom. The normalized spacial score (nSPS) is 12.4. The number of rotatable bonds is 4. The summed E-state index contributed by atoms with van der Waals surface area (Å²) in [6.07, 6.45) is 5.33. The first-order valence-corrected chi connectivity index (χ1v) is 7.54. The summed E-state index contributed by atoms with van der Waals surface area (Å²) >= 11 is 0. The van der Waals surface area contributed by atoms with Gasteiger partial charge >= 0.3 is 0 Å². The van der Waals surface area contributed by atoms with Gasteiger partial charge in [0.1, 0.15) is 11.4 Å². The molecule has 4 rings (SSSR count). The number of ether oxygens (including phenoxy) is 2. The number of hydrogen-bond donors (Lipinski definition) is 1. The first-order valence-electron chi connectivity index (χ1n) is 7.54. The maximum Gasteiger partial charge on any atom is 0.256 e. The van der Waals surface area contributed by atoms with Crippen LogP contribution < -0.4 is 14.8 Å². The average molecular weight is 324 g/mol. The molecule has 1 N–H and O–H groups in total. The Bertz CT molecular complexity index is 883. The van der Waals surface area contributed by atoms with Crippen molar-refractivity contribution in [2.24, 2.45) is 7.05 Å². The van der Waals surface area contributed by atoms with Gasteiger partial charge in [0.05, 0.1) is 6.20 Å². The van der Waals surface area contributed by atoms with Crippen LogP contribution in [0.25, 0.3) is 5.82 Å². The molecule has 1 amide bonds. The summed E-state index contributed by atoms with van der Waals surface area (Å²) in [5.74, 6) is 1.98. The van der Waals surface area contributed by atoms with Gasteiger partial charge < -0.3 is 19.4 Å². The Balaban J connectivity index is 1.51. The first kappa shape index (κ1) is 14.4. The molecular formula is C17H16N4O3. The fourth-order valence-corrected chi connectivity index (χ4v) is 2.70. The number of fused-ring (bicyclic) bond motifs is 1. The largest absolute Gasteiger partial charge is 0.454 e. The molecule has 7 heteroatoms. The maximum absolute atomic E-state index is 12.5. The number of amides is 1. The molecule has 1 aromatic carbocycles. The van der Waals surface area contributed by atoms with Gasteiger partial charge in [-0.25, -0.2) is 0 Å². The molecule has 3 aromatic rings. The van der Waals surface area contributed by atoms with Gasteiger partial charge in [0.15, 0.2) is 11.5 Å². The number of aryl methyl sites for hydroxylation is 1. The molecule has 0 atom stereocenters. The highest BCUT2D eigenvalue weighted by atomic mass is 16.7. The Hall–Kier alpha value is -3.22. The molecule has 7 nitrogen and oxygen atoms in total. The van der Waals surface area contributed by atoms with Gasteiger partial charge in [-0.05, 0) is 29.8 Å². The third-order valence-electron chi connectivity index (χ3n) is 3.89. The van der Waals surface area contributed by atoms with E-state index in [1.54, 1.807) is 10.9 Å². The van der Waals surface area contributed by atoms with Gasteiger partial charge in [-0.3, -0.25) is 9.48 Å². The second-order valence-corrected chi connectivity index (χ2v) is 5.47. The van der Waals surface area contributed by atoms with Crippen molar-refractivity contribution in [1.82, 2.24) is 19.7 Å². The van der Waals surface area contributed by atoms with Crippen LogP contribution in [0.1, 0.15) is 15.9 Å². The van der Waals surface area contributed by atoms with Crippen molar-refractivity contribution in [2.45, 2.75) is 6.54 Å². The van der Waals surface area contributed by atoms with E-state index in [9.17, 15) is 4.79 Å². The van der Waals surface area contributed by atoms with E-state index >= 15 is 0 Å². The van der Waals surface area contributed by atoms with E-state index in [0.717, 1.165) is 17.1 Å². The van der Waals surface area contributed by atoms with E-state index in [0.29, 0.717) is 17.9 Å². The van der Waals surface area contributed by atoms with Gasteiger partial charge in [0, 0.05) is 26.0 Å². The second-order valence-electron chi connectivity index (χ2n) is 5.47. The highest BCUT2D eigenvalue weighted by molar-refractivity contribution is 5.97. The van der Waals surface area contributed by atoms with Crippen molar-refractivity contribution in [1.29, 1.82) is 0 Å². The molecule has 0 fully saturated rings. The lowest BCUT2D eigenvalue weighted by Crippen LogP contribution is -2.24. The quantitative estimate of drug-likeness (QED) is 0.795. The number of benzene rings is 1. The van der Waals surface area contributed by atoms with Crippen LogP contribution in [0.3, 0.4) is 0 Å². The molecule has 0 radical (unpaired) electrons. The molecule has 0 bridgehead atoms. The van der Waals surface area contributed by atoms with Crippen LogP contribution in [0, 0.1) is 0 Å². The number of carbonyl (C=O) groups is 1. The number of hydrogen-bond acceptors (Lipinski definition) is 4. The Kier molecular flexibility index (Phi) is 3.45. The standard InChI is InChI=1S/C17H16N4O3/c1-20-17(21-6-2-3-7-21)13(10-19-20)16(22)18-9-12-4-5-14-15(8-12)24-11-23-14/h2-8,10H,9,11H2,1H3,(H,18,22). The topological polar surface area (TPSA) is 70.3 Å². The summed E-state index contributed by atoms with van der Waals surface area (Å²) in [4.78, 5) is 12.5. The monoisotopic (exact) mass is 324 g/mol. The second kappa shape index (κ2) is 5.77. The zero-order valence-electron chi connectivity index (χ0n) is 13.1. The van der Waals surface area contributed by atoms with Crippen molar-refractivity contribution in [2.75, 3.05) is 6.79 Å². The summed E-state index contributed by atoms with van der Waals surface area (Å²) in [6.45, 7) is 0.635. The third kappa shape index (κ3) is 2.50. The smallest absolute Gasteiger partial charge is 0.256 e. The number of carbonyl (C=O) groups excluding carboxylic acids is 1. The lowest BCUT2D eigenvalue weighted by molar-refractivity contribution is 0.0950. The fraction of sp³-hybridized carbons (Fsp3) is 0.176. The summed E-state index contributed by atoms with van der Waals surface area (Å²) < 4.78 is 14.2. The van der Waals surface area contributed by atoms with E-state index in [1.165, 1.54) is 0 Å².